The first-order chi connectivity index (χ1) is 9.90. The summed E-state index contributed by atoms with van der Waals surface area (Å²) < 4.78 is 27.3. The zero-order chi connectivity index (χ0) is 15.6. The van der Waals surface area contributed by atoms with Crippen molar-refractivity contribution in [1.82, 2.24) is 0 Å². The van der Waals surface area contributed by atoms with Crippen LogP contribution in [0.2, 0.25) is 0 Å². The minimum Gasteiger partial charge on any atom is -0.376 e. The smallest absolute Gasteiger partial charge is 0.274 e. The topological polar surface area (TPSA) is 55.2 Å². The van der Waals surface area contributed by atoms with E-state index in [-0.39, 0.29) is 16.9 Å². The quantitative estimate of drug-likeness (QED) is 0.673. The van der Waals surface area contributed by atoms with E-state index in [9.17, 15) is 18.9 Å². The van der Waals surface area contributed by atoms with Gasteiger partial charge in [0.2, 0.25) is 0 Å². The van der Waals surface area contributed by atoms with Crippen LogP contribution in [0.15, 0.2) is 36.4 Å². The molecule has 0 saturated heterocycles. The van der Waals surface area contributed by atoms with Crippen LogP contribution >= 0.6 is 0 Å². The summed E-state index contributed by atoms with van der Waals surface area (Å²) in [6.07, 6.45) is 0. The Morgan fingerprint density at radius 2 is 1.86 bits per heavy atom. The predicted octanol–water partition coefficient (Wildman–Crippen LogP) is 4.35. The van der Waals surface area contributed by atoms with Crippen LogP contribution in [0.4, 0.5) is 20.2 Å². The first-order valence-corrected chi connectivity index (χ1v) is 6.35. The summed E-state index contributed by atoms with van der Waals surface area (Å²) in [5.41, 5.74) is 0.522. The van der Waals surface area contributed by atoms with Crippen LogP contribution in [-0.2, 0) is 0 Å². The average Bonchev–Trinajstić information content (AvgIpc) is 2.44. The van der Waals surface area contributed by atoms with Crippen LogP contribution in [0, 0.1) is 28.7 Å². The molecule has 0 heterocycles. The number of hydrogen-bond donors (Lipinski definition) is 1. The van der Waals surface area contributed by atoms with Crippen LogP contribution in [-0.4, -0.2) is 4.92 Å². The lowest BCUT2D eigenvalue weighted by Crippen LogP contribution is -2.10. The molecular weight excluding hydrogens is 278 g/mol. The van der Waals surface area contributed by atoms with Crippen molar-refractivity contribution < 1.29 is 13.7 Å². The lowest BCUT2D eigenvalue weighted by molar-refractivity contribution is -0.385. The molecule has 1 N–H and O–H groups in total. The summed E-state index contributed by atoms with van der Waals surface area (Å²) >= 11 is 0. The number of aryl methyl sites for hydroxylation is 1. The fraction of sp³-hybridized carbons (Fsp3) is 0.200. The Labute approximate surface area is 120 Å². The molecule has 0 aromatic heterocycles. The van der Waals surface area contributed by atoms with Crippen LogP contribution in [0.3, 0.4) is 0 Å². The maximum absolute atomic E-state index is 13.8. The zero-order valence-corrected chi connectivity index (χ0v) is 11.6. The number of nitrogens with zero attached hydrogens (tertiary/aromatic N) is 1. The molecule has 0 radical (unpaired) electrons. The highest BCUT2D eigenvalue weighted by Gasteiger charge is 2.19. The third-order valence-electron chi connectivity index (χ3n) is 3.22. The molecule has 0 saturated carbocycles. The molecule has 0 fully saturated rings. The molecule has 0 bridgehead atoms. The molecule has 0 spiro atoms. The fourth-order valence-corrected chi connectivity index (χ4v) is 2.09. The number of benzene rings is 2. The van der Waals surface area contributed by atoms with E-state index < -0.39 is 22.6 Å². The number of nitro benzene ring substituents is 1. The van der Waals surface area contributed by atoms with Crippen molar-refractivity contribution >= 4 is 11.4 Å². The lowest BCUT2D eigenvalue weighted by atomic mass is 10.1. The predicted molar refractivity (Wildman–Crippen MR) is 76.2 cm³/mol. The SMILES string of the molecule is Cc1cc(F)c(NC(C)c2ccccc2[N+](=O)[O-])cc1F. The Morgan fingerprint density at radius 1 is 1.19 bits per heavy atom. The molecule has 0 amide bonds. The van der Waals surface area contributed by atoms with Gasteiger partial charge in [-0.1, -0.05) is 18.2 Å². The van der Waals surface area contributed by atoms with Crippen molar-refractivity contribution in [3.63, 3.8) is 0 Å². The van der Waals surface area contributed by atoms with E-state index in [0.29, 0.717) is 5.56 Å². The van der Waals surface area contributed by atoms with Gasteiger partial charge < -0.3 is 5.32 Å². The number of rotatable bonds is 4. The Bertz CT molecular complexity index is 689. The Morgan fingerprint density at radius 3 is 2.52 bits per heavy atom. The summed E-state index contributed by atoms with van der Waals surface area (Å²) in [6, 6.07) is 7.77. The van der Waals surface area contributed by atoms with Crippen LogP contribution in [0.25, 0.3) is 0 Å². The van der Waals surface area contributed by atoms with E-state index in [1.807, 2.05) is 0 Å². The Kier molecular flexibility index (Phi) is 4.16. The summed E-state index contributed by atoms with van der Waals surface area (Å²) in [6.45, 7) is 3.12. The standard InChI is InChI=1S/C15H14F2N2O2/c1-9-7-13(17)14(8-12(9)16)18-10(2)11-5-3-4-6-15(11)19(20)21/h3-8,10,18H,1-2H3. The Hall–Kier alpha value is -2.50. The van der Waals surface area contributed by atoms with Gasteiger partial charge in [-0.15, -0.1) is 0 Å². The number of halogens is 2. The normalized spacial score (nSPS) is 12.0. The maximum Gasteiger partial charge on any atom is 0.274 e. The molecule has 1 atom stereocenters. The third kappa shape index (κ3) is 3.16. The molecule has 0 aliphatic rings. The highest BCUT2D eigenvalue weighted by atomic mass is 19.1. The van der Waals surface area contributed by atoms with Gasteiger partial charge in [-0.2, -0.15) is 0 Å². The summed E-state index contributed by atoms with van der Waals surface area (Å²) in [4.78, 5) is 10.5. The lowest BCUT2D eigenvalue weighted by Gasteiger charge is -2.16. The van der Waals surface area contributed by atoms with Crippen LogP contribution < -0.4 is 5.32 Å². The van der Waals surface area contributed by atoms with Crippen LogP contribution in [0.5, 0.6) is 0 Å². The fourth-order valence-electron chi connectivity index (χ4n) is 2.09. The van der Waals surface area contributed by atoms with Gasteiger partial charge in [0.15, 0.2) is 0 Å². The van der Waals surface area contributed by atoms with Gasteiger partial charge in [-0.05, 0) is 25.5 Å². The monoisotopic (exact) mass is 292 g/mol. The average molecular weight is 292 g/mol. The summed E-state index contributed by atoms with van der Waals surface area (Å²) in [5.74, 6) is -1.13. The van der Waals surface area contributed by atoms with E-state index >= 15 is 0 Å². The van der Waals surface area contributed by atoms with E-state index in [1.54, 1.807) is 25.1 Å². The highest BCUT2D eigenvalue weighted by molar-refractivity contribution is 5.51. The van der Waals surface area contributed by atoms with Gasteiger partial charge in [0.25, 0.3) is 5.69 Å². The van der Waals surface area contributed by atoms with E-state index in [4.69, 9.17) is 0 Å². The number of nitrogens with one attached hydrogen (secondary N) is 1. The molecule has 0 aliphatic heterocycles. The van der Waals surface area contributed by atoms with Crippen molar-refractivity contribution in [2.24, 2.45) is 0 Å². The minimum absolute atomic E-state index is 0.0243. The van der Waals surface area contributed by atoms with Crippen molar-refractivity contribution in [3.8, 4) is 0 Å². The van der Waals surface area contributed by atoms with Gasteiger partial charge in [0.05, 0.1) is 22.2 Å². The molecule has 110 valence electrons. The van der Waals surface area contributed by atoms with Crippen molar-refractivity contribution in [3.05, 3.63) is 69.3 Å². The van der Waals surface area contributed by atoms with Crippen molar-refractivity contribution in [2.75, 3.05) is 5.32 Å². The molecular formula is C15H14F2N2O2. The first kappa shape index (κ1) is 14.9. The molecule has 2 aromatic carbocycles. The molecule has 1 unspecified atom stereocenters. The second-order valence-electron chi connectivity index (χ2n) is 4.76. The van der Waals surface area contributed by atoms with E-state index in [2.05, 4.69) is 5.32 Å². The molecule has 21 heavy (non-hydrogen) atoms. The van der Waals surface area contributed by atoms with Gasteiger partial charge in [-0.25, -0.2) is 8.78 Å². The maximum atomic E-state index is 13.8. The van der Waals surface area contributed by atoms with E-state index in [1.165, 1.54) is 13.0 Å². The van der Waals surface area contributed by atoms with Gasteiger partial charge in [0, 0.05) is 12.1 Å². The second kappa shape index (κ2) is 5.87. The zero-order valence-electron chi connectivity index (χ0n) is 11.6. The van der Waals surface area contributed by atoms with Gasteiger partial charge in [-0.3, -0.25) is 10.1 Å². The Balaban J connectivity index is 2.33. The third-order valence-corrected chi connectivity index (χ3v) is 3.22. The number of anilines is 1. The van der Waals surface area contributed by atoms with Crippen LogP contribution in [0.1, 0.15) is 24.1 Å². The molecule has 6 heteroatoms. The number of nitro groups is 1. The minimum atomic E-state index is -0.598. The highest BCUT2D eigenvalue weighted by Crippen LogP contribution is 2.29. The van der Waals surface area contributed by atoms with Gasteiger partial charge in [0.1, 0.15) is 11.6 Å². The van der Waals surface area contributed by atoms with Crippen molar-refractivity contribution in [2.45, 2.75) is 19.9 Å². The van der Waals surface area contributed by atoms with E-state index in [0.717, 1.165) is 12.1 Å². The summed E-state index contributed by atoms with van der Waals surface area (Å²) in [7, 11) is 0. The number of hydrogen-bond acceptors (Lipinski definition) is 3. The van der Waals surface area contributed by atoms with Crippen molar-refractivity contribution in [1.29, 1.82) is 0 Å². The molecule has 0 aliphatic carbocycles. The molecule has 4 nitrogen and oxygen atoms in total. The number of para-hydroxylation sites is 1. The summed E-state index contributed by atoms with van der Waals surface area (Å²) in [5, 5.41) is 13.8. The molecule has 2 rings (SSSR count). The molecule has 2 aromatic rings. The second-order valence-corrected chi connectivity index (χ2v) is 4.76. The largest absolute Gasteiger partial charge is 0.376 e. The van der Waals surface area contributed by atoms with Gasteiger partial charge >= 0.3 is 0 Å². The first-order valence-electron chi connectivity index (χ1n) is 6.35.